The van der Waals surface area contributed by atoms with Gasteiger partial charge in [-0.1, -0.05) is 19.8 Å². The minimum Gasteiger partial charge on any atom is -0.352 e. The molecule has 20 heavy (non-hydrogen) atoms. The van der Waals surface area contributed by atoms with Crippen molar-refractivity contribution in [1.82, 2.24) is 15.6 Å². The normalized spacial score (nSPS) is 15.1. The number of aromatic nitrogens is 1. The monoisotopic (exact) mass is 275 g/mol. The van der Waals surface area contributed by atoms with Crippen molar-refractivity contribution in [3.63, 3.8) is 0 Å². The molecule has 0 aliphatic heterocycles. The van der Waals surface area contributed by atoms with E-state index in [9.17, 15) is 9.59 Å². The van der Waals surface area contributed by atoms with E-state index in [-0.39, 0.29) is 17.9 Å². The molecular weight excluding hydrogens is 254 g/mol. The number of hydrogen-bond acceptors (Lipinski definition) is 3. The third kappa shape index (κ3) is 3.79. The Labute approximate surface area is 119 Å². The van der Waals surface area contributed by atoms with Crippen molar-refractivity contribution in [1.29, 1.82) is 0 Å². The van der Waals surface area contributed by atoms with Crippen LogP contribution in [-0.2, 0) is 0 Å². The Hall–Kier alpha value is -1.91. The summed E-state index contributed by atoms with van der Waals surface area (Å²) in [5, 5.41) is 5.76. The fraction of sp³-hybridized carbons (Fsp3) is 0.533. The summed E-state index contributed by atoms with van der Waals surface area (Å²) in [7, 11) is 0. The fourth-order valence-corrected chi connectivity index (χ4v) is 2.37. The van der Waals surface area contributed by atoms with Crippen LogP contribution >= 0.6 is 0 Å². The Morgan fingerprint density at radius 3 is 2.75 bits per heavy atom. The van der Waals surface area contributed by atoms with Crippen molar-refractivity contribution in [2.75, 3.05) is 6.54 Å². The van der Waals surface area contributed by atoms with Crippen LogP contribution in [0, 0.1) is 0 Å². The zero-order valence-corrected chi connectivity index (χ0v) is 11.8. The zero-order chi connectivity index (χ0) is 14.4. The summed E-state index contributed by atoms with van der Waals surface area (Å²) in [5.41, 5.74) is 0.783. The van der Waals surface area contributed by atoms with E-state index in [1.807, 2.05) is 6.92 Å². The lowest BCUT2D eigenvalue weighted by Gasteiger charge is -2.11. The van der Waals surface area contributed by atoms with Crippen LogP contribution in [0.5, 0.6) is 0 Å². The molecule has 1 heterocycles. The van der Waals surface area contributed by atoms with Gasteiger partial charge in [0.1, 0.15) is 5.69 Å². The van der Waals surface area contributed by atoms with E-state index in [1.165, 1.54) is 6.20 Å². The standard InChI is InChI=1S/C15H21N3O2/c1-2-8-17-14(19)11-7-9-16-13(10-11)15(20)18-12-5-3-4-6-12/h7,9-10,12H,2-6,8H2,1H3,(H,17,19)(H,18,20). The number of amides is 2. The predicted molar refractivity (Wildman–Crippen MR) is 76.6 cm³/mol. The van der Waals surface area contributed by atoms with Crippen LogP contribution in [-0.4, -0.2) is 29.4 Å². The van der Waals surface area contributed by atoms with Crippen molar-refractivity contribution in [2.45, 2.75) is 45.1 Å². The SMILES string of the molecule is CCCNC(=O)c1ccnc(C(=O)NC2CCCC2)c1. The molecule has 2 N–H and O–H groups in total. The third-order valence-electron chi connectivity index (χ3n) is 3.48. The second kappa shape index (κ2) is 7.03. The Balaban J connectivity index is 2.00. The molecule has 0 saturated heterocycles. The summed E-state index contributed by atoms with van der Waals surface area (Å²) in [6.07, 6.45) is 6.77. The minimum absolute atomic E-state index is 0.163. The number of hydrogen-bond donors (Lipinski definition) is 2. The molecule has 5 nitrogen and oxygen atoms in total. The highest BCUT2D eigenvalue weighted by atomic mass is 16.2. The van der Waals surface area contributed by atoms with E-state index in [0.29, 0.717) is 17.8 Å². The van der Waals surface area contributed by atoms with Crippen molar-refractivity contribution in [2.24, 2.45) is 0 Å². The summed E-state index contributed by atoms with van der Waals surface area (Å²) < 4.78 is 0. The highest BCUT2D eigenvalue weighted by molar-refractivity contribution is 5.98. The maximum atomic E-state index is 12.1. The fourth-order valence-electron chi connectivity index (χ4n) is 2.37. The smallest absolute Gasteiger partial charge is 0.270 e. The number of pyridine rings is 1. The van der Waals surface area contributed by atoms with Gasteiger partial charge < -0.3 is 10.6 Å². The van der Waals surface area contributed by atoms with E-state index >= 15 is 0 Å². The average molecular weight is 275 g/mol. The molecule has 1 aliphatic rings. The van der Waals surface area contributed by atoms with Gasteiger partial charge in [-0.2, -0.15) is 0 Å². The molecule has 0 radical (unpaired) electrons. The molecule has 5 heteroatoms. The van der Waals surface area contributed by atoms with Crippen molar-refractivity contribution in [3.8, 4) is 0 Å². The van der Waals surface area contributed by atoms with Gasteiger partial charge in [-0.25, -0.2) is 0 Å². The molecule has 1 fully saturated rings. The first-order chi connectivity index (χ1) is 9.70. The van der Waals surface area contributed by atoms with Gasteiger partial charge >= 0.3 is 0 Å². The molecule has 0 atom stereocenters. The second-order valence-electron chi connectivity index (χ2n) is 5.14. The molecule has 2 amide bonds. The summed E-state index contributed by atoms with van der Waals surface area (Å²) in [6.45, 7) is 2.62. The highest BCUT2D eigenvalue weighted by Gasteiger charge is 2.19. The molecule has 108 valence electrons. The summed E-state index contributed by atoms with van der Waals surface area (Å²) in [6, 6.07) is 3.42. The number of nitrogens with one attached hydrogen (secondary N) is 2. The Kier molecular flexibility index (Phi) is 5.09. The molecule has 1 aromatic heterocycles. The van der Waals surface area contributed by atoms with E-state index in [2.05, 4.69) is 15.6 Å². The molecule has 0 aromatic carbocycles. The van der Waals surface area contributed by atoms with Gasteiger partial charge in [-0.3, -0.25) is 14.6 Å². The van der Waals surface area contributed by atoms with Crippen LogP contribution < -0.4 is 10.6 Å². The van der Waals surface area contributed by atoms with Gasteiger partial charge in [0.25, 0.3) is 11.8 Å². The van der Waals surface area contributed by atoms with Crippen LogP contribution in [0.3, 0.4) is 0 Å². The first-order valence-electron chi connectivity index (χ1n) is 7.26. The van der Waals surface area contributed by atoms with Gasteiger partial charge in [-0.15, -0.1) is 0 Å². The Morgan fingerprint density at radius 1 is 1.30 bits per heavy atom. The van der Waals surface area contributed by atoms with Crippen LogP contribution in [0.4, 0.5) is 0 Å². The van der Waals surface area contributed by atoms with Crippen molar-refractivity contribution in [3.05, 3.63) is 29.6 Å². The molecule has 2 rings (SSSR count). The third-order valence-corrected chi connectivity index (χ3v) is 3.48. The van der Waals surface area contributed by atoms with Gasteiger partial charge in [-0.05, 0) is 31.4 Å². The molecule has 0 spiro atoms. The average Bonchev–Trinajstić information content (AvgIpc) is 2.97. The minimum atomic E-state index is -0.193. The largest absolute Gasteiger partial charge is 0.352 e. The van der Waals surface area contributed by atoms with Crippen LogP contribution in [0.1, 0.15) is 59.9 Å². The zero-order valence-electron chi connectivity index (χ0n) is 11.8. The molecular formula is C15H21N3O2. The number of rotatable bonds is 5. The van der Waals surface area contributed by atoms with E-state index in [1.54, 1.807) is 12.1 Å². The lowest BCUT2D eigenvalue weighted by molar-refractivity contribution is 0.0933. The summed E-state index contributed by atoms with van der Waals surface area (Å²) >= 11 is 0. The van der Waals surface area contributed by atoms with Gasteiger partial charge in [0.05, 0.1) is 0 Å². The van der Waals surface area contributed by atoms with Gasteiger partial charge in [0.2, 0.25) is 0 Å². The number of carbonyl (C=O) groups excluding carboxylic acids is 2. The van der Waals surface area contributed by atoms with Crippen LogP contribution in [0.2, 0.25) is 0 Å². The maximum absolute atomic E-state index is 12.1. The van der Waals surface area contributed by atoms with E-state index in [0.717, 1.165) is 32.1 Å². The summed E-state index contributed by atoms with van der Waals surface area (Å²) in [4.78, 5) is 28.0. The van der Waals surface area contributed by atoms with Crippen molar-refractivity contribution < 1.29 is 9.59 Å². The predicted octanol–water partition coefficient (Wildman–Crippen LogP) is 1.89. The first-order valence-corrected chi connectivity index (χ1v) is 7.26. The highest BCUT2D eigenvalue weighted by Crippen LogP contribution is 2.18. The Morgan fingerprint density at radius 2 is 2.05 bits per heavy atom. The van der Waals surface area contributed by atoms with Gasteiger partial charge in [0.15, 0.2) is 0 Å². The lowest BCUT2D eigenvalue weighted by Crippen LogP contribution is -2.33. The summed E-state index contributed by atoms with van der Waals surface area (Å²) in [5.74, 6) is -0.355. The van der Waals surface area contributed by atoms with Gasteiger partial charge in [0, 0.05) is 24.3 Å². The molecule has 0 bridgehead atoms. The molecule has 1 aromatic rings. The molecule has 0 unspecified atom stereocenters. The number of carbonyl (C=O) groups is 2. The lowest BCUT2D eigenvalue weighted by atomic mass is 10.2. The quantitative estimate of drug-likeness (QED) is 0.862. The Bertz CT molecular complexity index is 482. The number of nitrogens with zero attached hydrogens (tertiary/aromatic N) is 1. The van der Waals surface area contributed by atoms with Crippen LogP contribution in [0.25, 0.3) is 0 Å². The molecule has 1 saturated carbocycles. The van der Waals surface area contributed by atoms with E-state index in [4.69, 9.17) is 0 Å². The van der Waals surface area contributed by atoms with Crippen molar-refractivity contribution >= 4 is 11.8 Å². The topological polar surface area (TPSA) is 71.1 Å². The van der Waals surface area contributed by atoms with Crippen LogP contribution in [0.15, 0.2) is 18.3 Å². The maximum Gasteiger partial charge on any atom is 0.270 e. The molecule has 1 aliphatic carbocycles. The first kappa shape index (κ1) is 14.5. The second-order valence-corrected chi connectivity index (χ2v) is 5.14. The van der Waals surface area contributed by atoms with E-state index < -0.39 is 0 Å².